The number of pyridine rings is 1. The summed E-state index contributed by atoms with van der Waals surface area (Å²) in [7, 11) is 0. The number of rotatable bonds is 1. The number of nitrogens with zero attached hydrogens (tertiary/aromatic N) is 2. The summed E-state index contributed by atoms with van der Waals surface area (Å²) in [5.41, 5.74) is 1.98. The molecular weight excluding hydrogens is 200 g/mol. The van der Waals surface area contributed by atoms with E-state index in [2.05, 4.69) is 4.98 Å². The third-order valence-electron chi connectivity index (χ3n) is 2.02. The van der Waals surface area contributed by atoms with Crippen molar-refractivity contribution in [2.24, 2.45) is 0 Å². The first kappa shape index (κ1) is 9.21. The van der Waals surface area contributed by atoms with Crippen molar-refractivity contribution in [1.29, 1.82) is 0 Å². The van der Waals surface area contributed by atoms with Gasteiger partial charge in [0, 0.05) is 12.1 Å². The number of fused-ring (bicyclic) bond motifs is 1. The molecule has 0 fully saturated rings. The number of aromatic nitrogens is 2. The Morgan fingerprint density at radius 3 is 2.93 bits per heavy atom. The minimum Gasteiger partial charge on any atom is -0.506 e. The van der Waals surface area contributed by atoms with Crippen molar-refractivity contribution in [2.75, 3.05) is 0 Å². The van der Waals surface area contributed by atoms with E-state index in [1.165, 1.54) is 17.4 Å². The maximum absolute atomic E-state index is 11.6. The van der Waals surface area contributed by atoms with Crippen LogP contribution in [-0.4, -0.2) is 14.7 Å². The molecule has 0 aliphatic rings. The summed E-state index contributed by atoms with van der Waals surface area (Å²) in [5, 5.41) is 9.50. The Kier molecular flexibility index (Phi) is 2.03. The zero-order valence-corrected chi connectivity index (χ0v) is 8.71. The number of aromatic hydroxyl groups is 1. The number of hydrogen-bond acceptors (Lipinski definition) is 4. The van der Waals surface area contributed by atoms with Crippen LogP contribution >= 0.6 is 11.3 Å². The Morgan fingerprint density at radius 1 is 1.57 bits per heavy atom. The highest BCUT2D eigenvalue weighted by molar-refractivity contribution is 7.17. The largest absolute Gasteiger partial charge is 0.506 e. The predicted octanol–water partition coefficient (Wildman–Crippen LogP) is 1.74. The van der Waals surface area contributed by atoms with Crippen molar-refractivity contribution in [1.82, 2.24) is 9.55 Å². The van der Waals surface area contributed by atoms with Crippen LogP contribution in [0.25, 0.3) is 10.3 Å². The fraction of sp³-hybridized carbons (Fsp3) is 0.333. The summed E-state index contributed by atoms with van der Waals surface area (Å²) in [4.78, 5) is 15.6. The average Bonchev–Trinajstić information content (AvgIpc) is 2.51. The lowest BCUT2D eigenvalue weighted by Gasteiger charge is -2.10. The molecule has 0 radical (unpaired) electrons. The van der Waals surface area contributed by atoms with Crippen LogP contribution in [0.15, 0.2) is 16.4 Å². The van der Waals surface area contributed by atoms with Crippen LogP contribution in [0, 0.1) is 0 Å². The van der Waals surface area contributed by atoms with Gasteiger partial charge in [-0.25, -0.2) is 4.98 Å². The molecule has 2 aromatic heterocycles. The molecule has 14 heavy (non-hydrogen) atoms. The summed E-state index contributed by atoms with van der Waals surface area (Å²) in [6.07, 6.45) is 0. The second-order valence-electron chi connectivity index (χ2n) is 3.34. The average molecular weight is 210 g/mol. The molecule has 5 heteroatoms. The molecule has 0 atom stereocenters. The molecular formula is C9H10N2O2S. The molecule has 0 unspecified atom stereocenters. The second-order valence-corrected chi connectivity index (χ2v) is 4.19. The van der Waals surface area contributed by atoms with E-state index in [4.69, 9.17) is 0 Å². The molecule has 2 aromatic rings. The second kappa shape index (κ2) is 3.09. The first-order chi connectivity index (χ1) is 6.61. The molecule has 0 amide bonds. The van der Waals surface area contributed by atoms with Crippen LogP contribution in [0.4, 0.5) is 0 Å². The Balaban J connectivity index is 2.94. The van der Waals surface area contributed by atoms with Gasteiger partial charge in [0.1, 0.15) is 10.4 Å². The van der Waals surface area contributed by atoms with Gasteiger partial charge in [-0.2, -0.15) is 0 Å². The third kappa shape index (κ3) is 1.21. The molecule has 0 saturated carbocycles. The Labute approximate surface area is 84.5 Å². The summed E-state index contributed by atoms with van der Waals surface area (Å²) < 4.78 is 2.24. The normalized spacial score (nSPS) is 11.4. The molecule has 0 aliphatic carbocycles. The van der Waals surface area contributed by atoms with Gasteiger partial charge in [-0.1, -0.05) is 0 Å². The Bertz CT molecular complexity index is 527. The fourth-order valence-corrected chi connectivity index (χ4v) is 2.14. The fourth-order valence-electron chi connectivity index (χ4n) is 1.44. The molecule has 74 valence electrons. The SMILES string of the molecule is CC(C)n1c(=O)cc(O)c2scnc21. The van der Waals surface area contributed by atoms with E-state index in [9.17, 15) is 9.90 Å². The van der Waals surface area contributed by atoms with Gasteiger partial charge in [0.15, 0.2) is 5.65 Å². The maximum atomic E-state index is 11.6. The predicted molar refractivity (Wildman–Crippen MR) is 55.9 cm³/mol. The van der Waals surface area contributed by atoms with Crippen molar-refractivity contribution < 1.29 is 5.11 Å². The summed E-state index contributed by atoms with van der Waals surface area (Å²) >= 11 is 1.33. The van der Waals surface area contributed by atoms with E-state index >= 15 is 0 Å². The molecule has 0 aliphatic heterocycles. The van der Waals surface area contributed by atoms with E-state index in [0.29, 0.717) is 10.3 Å². The van der Waals surface area contributed by atoms with Crippen LogP contribution in [-0.2, 0) is 0 Å². The van der Waals surface area contributed by atoms with Gasteiger partial charge < -0.3 is 5.11 Å². The van der Waals surface area contributed by atoms with E-state index in [1.54, 1.807) is 10.1 Å². The van der Waals surface area contributed by atoms with Gasteiger partial charge in [0.25, 0.3) is 5.56 Å². The van der Waals surface area contributed by atoms with Gasteiger partial charge in [-0.05, 0) is 13.8 Å². The van der Waals surface area contributed by atoms with Gasteiger partial charge in [-0.3, -0.25) is 9.36 Å². The zero-order valence-electron chi connectivity index (χ0n) is 7.89. The number of hydrogen-bond donors (Lipinski definition) is 1. The van der Waals surface area contributed by atoms with Gasteiger partial charge in [0.05, 0.1) is 5.51 Å². The lowest BCUT2D eigenvalue weighted by molar-refractivity contribution is 0.477. The zero-order chi connectivity index (χ0) is 10.3. The van der Waals surface area contributed by atoms with Crippen molar-refractivity contribution in [3.05, 3.63) is 21.9 Å². The van der Waals surface area contributed by atoms with Crippen molar-refractivity contribution in [3.63, 3.8) is 0 Å². The topological polar surface area (TPSA) is 55.1 Å². The van der Waals surface area contributed by atoms with E-state index in [0.717, 1.165) is 0 Å². The third-order valence-corrected chi connectivity index (χ3v) is 2.86. The highest BCUT2D eigenvalue weighted by Crippen LogP contribution is 2.26. The van der Waals surface area contributed by atoms with Crippen LogP contribution in [0.5, 0.6) is 5.75 Å². The minimum absolute atomic E-state index is 0.0180. The lowest BCUT2D eigenvalue weighted by Crippen LogP contribution is -2.21. The molecule has 2 heterocycles. The van der Waals surface area contributed by atoms with Crippen LogP contribution in [0.3, 0.4) is 0 Å². The van der Waals surface area contributed by atoms with Crippen LogP contribution in [0.1, 0.15) is 19.9 Å². The smallest absolute Gasteiger partial charge is 0.256 e. The first-order valence-corrected chi connectivity index (χ1v) is 5.17. The van der Waals surface area contributed by atoms with Crippen molar-refractivity contribution >= 4 is 21.7 Å². The van der Waals surface area contributed by atoms with E-state index in [1.807, 2.05) is 13.8 Å². The van der Waals surface area contributed by atoms with Crippen molar-refractivity contribution in [2.45, 2.75) is 19.9 Å². The van der Waals surface area contributed by atoms with E-state index in [-0.39, 0.29) is 17.4 Å². The van der Waals surface area contributed by atoms with Crippen LogP contribution < -0.4 is 5.56 Å². The molecule has 1 N–H and O–H groups in total. The molecule has 0 spiro atoms. The molecule has 0 bridgehead atoms. The maximum Gasteiger partial charge on any atom is 0.256 e. The minimum atomic E-state index is -0.212. The standard InChI is InChI=1S/C9H10N2O2S/c1-5(2)11-7(13)3-6(12)8-9(11)10-4-14-8/h3-5,12H,1-2H3. The monoisotopic (exact) mass is 210 g/mol. The van der Waals surface area contributed by atoms with Crippen molar-refractivity contribution in [3.8, 4) is 5.75 Å². The Hall–Kier alpha value is -1.36. The van der Waals surface area contributed by atoms with Crippen LogP contribution in [0.2, 0.25) is 0 Å². The first-order valence-electron chi connectivity index (χ1n) is 4.29. The lowest BCUT2D eigenvalue weighted by atomic mass is 10.3. The van der Waals surface area contributed by atoms with Gasteiger partial charge >= 0.3 is 0 Å². The summed E-state index contributed by atoms with van der Waals surface area (Å²) in [6, 6.07) is 1.29. The quantitative estimate of drug-likeness (QED) is 0.780. The highest BCUT2D eigenvalue weighted by Gasteiger charge is 2.12. The van der Waals surface area contributed by atoms with E-state index < -0.39 is 0 Å². The Morgan fingerprint density at radius 2 is 2.29 bits per heavy atom. The summed E-state index contributed by atoms with van der Waals surface area (Å²) in [6.45, 7) is 3.83. The molecule has 0 aromatic carbocycles. The number of thiazole rings is 1. The molecule has 2 rings (SSSR count). The molecule has 0 saturated heterocycles. The highest BCUT2D eigenvalue weighted by atomic mass is 32.1. The summed E-state index contributed by atoms with van der Waals surface area (Å²) in [5.74, 6) is 0.0180. The molecule has 4 nitrogen and oxygen atoms in total. The van der Waals surface area contributed by atoms with Gasteiger partial charge in [0.2, 0.25) is 0 Å². The van der Waals surface area contributed by atoms with Gasteiger partial charge in [-0.15, -0.1) is 11.3 Å².